The summed E-state index contributed by atoms with van der Waals surface area (Å²) in [6.07, 6.45) is 2.41. The Kier molecular flexibility index (Phi) is 4.99. The first-order valence-electron chi connectivity index (χ1n) is 6.34. The van der Waals surface area contributed by atoms with E-state index in [1.54, 1.807) is 7.05 Å². The van der Waals surface area contributed by atoms with Crippen LogP contribution >= 0.6 is 12.4 Å². The summed E-state index contributed by atoms with van der Waals surface area (Å²) >= 11 is 0. The molecule has 6 heteroatoms. The molecular weight excluding hydrogens is 254 g/mol. The summed E-state index contributed by atoms with van der Waals surface area (Å²) in [5.41, 5.74) is -0.772. The van der Waals surface area contributed by atoms with E-state index in [1.807, 2.05) is 0 Å². The maximum Gasteiger partial charge on any atom is 0.235 e. The molecule has 1 saturated carbocycles. The van der Waals surface area contributed by atoms with Crippen LogP contribution in [0.1, 0.15) is 26.2 Å². The second kappa shape index (κ2) is 5.89. The van der Waals surface area contributed by atoms with Gasteiger partial charge in [-0.3, -0.25) is 9.59 Å². The molecule has 5 nitrogen and oxygen atoms in total. The highest BCUT2D eigenvalue weighted by Gasteiger charge is 2.56. The van der Waals surface area contributed by atoms with E-state index in [0.29, 0.717) is 18.8 Å². The number of carbonyl (C=O) groups excluding carboxylic acids is 2. The Bertz CT molecular complexity index is 331. The van der Waals surface area contributed by atoms with Crippen LogP contribution in [-0.2, 0) is 9.59 Å². The largest absolute Gasteiger partial charge is 0.358 e. The van der Waals surface area contributed by atoms with Crippen LogP contribution in [0.4, 0.5) is 0 Å². The van der Waals surface area contributed by atoms with Crippen molar-refractivity contribution in [1.82, 2.24) is 16.0 Å². The van der Waals surface area contributed by atoms with Crippen LogP contribution in [-0.4, -0.2) is 38.0 Å². The minimum Gasteiger partial charge on any atom is -0.358 e. The van der Waals surface area contributed by atoms with Crippen molar-refractivity contribution in [1.29, 1.82) is 0 Å². The van der Waals surface area contributed by atoms with Crippen LogP contribution in [0.5, 0.6) is 0 Å². The zero-order valence-corrected chi connectivity index (χ0v) is 11.7. The maximum atomic E-state index is 12.1. The van der Waals surface area contributed by atoms with Gasteiger partial charge >= 0.3 is 0 Å². The number of rotatable bonds is 3. The number of piperidine rings is 1. The van der Waals surface area contributed by atoms with Crippen molar-refractivity contribution in [2.75, 3.05) is 20.1 Å². The van der Waals surface area contributed by atoms with Crippen LogP contribution in [0.2, 0.25) is 0 Å². The molecule has 1 saturated heterocycles. The number of hydrogen-bond acceptors (Lipinski definition) is 3. The Morgan fingerprint density at radius 3 is 2.44 bits per heavy atom. The highest BCUT2D eigenvalue weighted by Crippen LogP contribution is 2.46. The van der Waals surface area contributed by atoms with Crippen molar-refractivity contribution >= 4 is 24.2 Å². The predicted molar refractivity (Wildman–Crippen MR) is 71.6 cm³/mol. The van der Waals surface area contributed by atoms with Crippen molar-refractivity contribution < 1.29 is 9.59 Å². The lowest BCUT2D eigenvalue weighted by molar-refractivity contribution is -0.137. The topological polar surface area (TPSA) is 70.2 Å². The molecule has 0 radical (unpaired) electrons. The SMILES string of the molecule is CNC(=O)C1(C(=O)NC2CNCCC2C)CC1.Cl. The van der Waals surface area contributed by atoms with Crippen LogP contribution in [0.15, 0.2) is 0 Å². The van der Waals surface area contributed by atoms with Gasteiger partial charge in [0.05, 0.1) is 0 Å². The Labute approximate surface area is 114 Å². The zero-order valence-electron chi connectivity index (χ0n) is 10.9. The van der Waals surface area contributed by atoms with Gasteiger partial charge < -0.3 is 16.0 Å². The summed E-state index contributed by atoms with van der Waals surface area (Å²) in [7, 11) is 1.58. The fourth-order valence-electron chi connectivity index (χ4n) is 2.41. The van der Waals surface area contributed by atoms with Crippen LogP contribution in [0.25, 0.3) is 0 Å². The van der Waals surface area contributed by atoms with Gasteiger partial charge in [0.2, 0.25) is 11.8 Å². The molecule has 1 aliphatic heterocycles. The van der Waals surface area contributed by atoms with Crippen molar-refractivity contribution in [3.63, 3.8) is 0 Å². The molecular formula is C12H22ClN3O2. The fourth-order valence-corrected chi connectivity index (χ4v) is 2.41. The molecule has 3 N–H and O–H groups in total. The van der Waals surface area contributed by atoms with Crippen LogP contribution in [0, 0.1) is 11.3 Å². The quantitative estimate of drug-likeness (QED) is 0.638. The Morgan fingerprint density at radius 2 is 1.94 bits per heavy atom. The summed E-state index contributed by atoms with van der Waals surface area (Å²) in [6.45, 7) is 3.95. The molecule has 104 valence electrons. The van der Waals surface area contributed by atoms with Gasteiger partial charge in [-0.2, -0.15) is 0 Å². The Balaban J connectivity index is 0.00000162. The number of halogens is 1. The maximum absolute atomic E-state index is 12.1. The van der Waals surface area contributed by atoms with Crippen molar-refractivity contribution in [2.45, 2.75) is 32.2 Å². The summed E-state index contributed by atoms with van der Waals surface area (Å²) in [5.74, 6) is 0.226. The molecule has 2 fully saturated rings. The van der Waals surface area contributed by atoms with E-state index >= 15 is 0 Å². The summed E-state index contributed by atoms with van der Waals surface area (Å²) in [6, 6.07) is 0.151. The molecule has 0 aromatic rings. The molecule has 0 aromatic heterocycles. The average molecular weight is 276 g/mol. The standard InChI is InChI=1S/C12H21N3O2.ClH/c1-8-3-6-14-7-9(8)15-11(17)12(4-5-12)10(16)13-2;/h8-9,14H,3-7H2,1-2H3,(H,13,16)(H,15,17);1H. The van der Waals surface area contributed by atoms with Gasteiger partial charge in [-0.25, -0.2) is 0 Å². The third-order valence-electron chi connectivity index (χ3n) is 3.99. The van der Waals surface area contributed by atoms with E-state index in [0.717, 1.165) is 19.5 Å². The van der Waals surface area contributed by atoms with Gasteiger partial charge in [-0.1, -0.05) is 6.92 Å². The summed E-state index contributed by atoms with van der Waals surface area (Å²) < 4.78 is 0. The third-order valence-corrected chi connectivity index (χ3v) is 3.99. The van der Waals surface area contributed by atoms with Crippen LogP contribution in [0.3, 0.4) is 0 Å². The molecule has 2 aliphatic rings. The second-order valence-electron chi connectivity index (χ2n) is 5.21. The fraction of sp³-hybridized carbons (Fsp3) is 0.833. The zero-order chi connectivity index (χ0) is 12.5. The van der Waals surface area contributed by atoms with Gasteiger partial charge in [0.15, 0.2) is 0 Å². The van der Waals surface area contributed by atoms with E-state index in [9.17, 15) is 9.59 Å². The lowest BCUT2D eigenvalue weighted by Gasteiger charge is -2.31. The second-order valence-corrected chi connectivity index (χ2v) is 5.21. The molecule has 2 amide bonds. The highest BCUT2D eigenvalue weighted by molar-refractivity contribution is 6.07. The van der Waals surface area contributed by atoms with E-state index in [4.69, 9.17) is 0 Å². The van der Waals surface area contributed by atoms with Crippen molar-refractivity contribution in [2.24, 2.45) is 11.3 Å². The molecule has 0 bridgehead atoms. The average Bonchev–Trinajstić information content (AvgIpc) is 3.12. The summed E-state index contributed by atoms with van der Waals surface area (Å²) in [4.78, 5) is 23.8. The third kappa shape index (κ3) is 2.78. The van der Waals surface area contributed by atoms with Gasteiger partial charge in [-0.05, 0) is 31.7 Å². The molecule has 2 rings (SSSR count). The van der Waals surface area contributed by atoms with E-state index < -0.39 is 5.41 Å². The molecule has 2 atom stereocenters. The minimum absolute atomic E-state index is 0. The van der Waals surface area contributed by atoms with Gasteiger partial charge in [-0.15, -0.1) is 12.4 Å². The Hall–Kier alpha value is -0.810. The van der Waals surface area contributed by atoms with Gasteiger partial charge in [0, 0.05) is 19.6 Å². The van der Waals surface area contributed by atoms with Crippen molar-refractivity contribution in [3.8, 4) is 0 Å². The van der Waals surface area contributed by atoms with Crippen molar-refractivity contribution in [3.05, 3.63) is 0 Å². The van der Waals surface area contributed by atoms with E-state index in [1.165, 1.54) is 0 Å². The van der Waals surface area contributed by atoms with Crippen LogP contribution < -0.4 is 16.0 Å². The number of amides is 2. The molecule has 0 spiro atoms. The predicted octanol–water partition coefficient (Wildman–Crippen LogP) is 0.0486. The first-order chi connectivity index (χ1) is 8.10. The number of nitrogens with one attached hydrogen (secondary N) is 3. The highest BCUT2D eigenvalue weighted by atomic mass is 35.5. The first kappa shape index (κ1) is 15.2. The van der Waals surface area contributed by atoms with E-state index in [-0.39, 0.29) is 30.3 Å². The van der Waals surface area contributed by atoms with Gasteiger partial charge in [0.25, 0.3) is 0 Å². The monoisotopic (exact) mass is 275 g/mol. The molecule has 1 aliphatic carbocycles. The molecule has 18 heavy (non-hydrogen) atoms. The minimum atomic E-state index is -0.772. The lowest BCUT2D eigenvalue weighted by Crippen LogP contribution is -2.53. The molecule has 0 aromatic carbocycles. The summed E-state index contributed by atoms with van der Waals surface area (Å²) in [5, 5.41) is 8.88. The number of hydrogen-bond donors (Lipinski definition) is 3. The Morgan fingerprint density at radius 1 is 1.28 bits per heavy atom. The van der Waals surface area contributed by atoms with E-state index in [2.05, 4.69) is 22.9 Å². The first-order valence-corrected chi connectivity index (χ1v) is 6.34. The molecule has 1 heterocycles. The van der Waals surface area contributed by atoms with Gasteiger partial charge in [0.1, 0.15) is 5.41 Å². The molecule has 2 unspecified atom stereocenters. The smallest absolute Gasteiger partial charge is 0.235 e. The number of carbonyl (C=O) groups is 2. The lowest BCUT2D eigenvalue weighted by atomic mass is 9.93. The normalized spacial score (nSPS) is 28.8.